The molecule has 5 rings (SSSR count). The van der Waals surface area contributed by atoms with Crippen LogP contribution in [-0.4, -0.2) is 39.1 Å². The van der Waals surface area contributed by atoms with E-state index in [1.807, 2.05) is 11.0 Å². The summed E-state index contributed by atoms with van der Waals surface area (Å²) in [5.41, 5.74) is 0.725. The highest BCUT2D eigenvalue weighted by Gasteiger charge is 2.39. The van der Waals surface area contributed by atoms with Gasteiger partial charge in [0.25, 0.3) is 5.91 Å². The summed E-state index contributed by atoms with van der Waals surface area (Å²) in [6, 6.07) is 8.86. The van der Waals surface area contributed by atoms with Gasteiger partial charge in [0.1, 0.15) is 11.5 Å². The Morgan fingerprint density at radius 1 is 1.06 bits per heavy atom. The van der Waals surface area contributed by atoms with Gasteiger partial charge in [0.2, 0.25) is 0 Å². The lowest BCUT2D eigenvalue weighted by molar-refractivity contribution is -0.124. The van der Waals surface area contributed by atoms with Gasteiger partial charge in [0.15, 0.2) is 5.17 Å². The maximum Gasteiger partial charge on any atom is 0.337 e. The summed E-state index contributed by atoms with van der Waals surface area (Å²) in [7, 11) is 0. The summed E-state index contributed by atoms with van der Waals surface area (Å²) in [6.07, 6.45) is 13.3. The number of carboxylic acid groups (broad SMARTS) is 1. The largest absolute Gasteiger partial charge is 0.478 e. The molecule has 2 aromatic rings. The molecule has 2 heterocycles. The molecule has 3 fully saturated rings. The third-order valence-electron chi connectivity index (χ3n) is 7.03. The summed E-state index contributed by atoms with van der Waals surface area (Å²) in [5, 5.41) is 10.2. The molecule has 0 bridgehead atoms. The number of amides is 1. The van der Waals surface area contributed by atoms with Gasteiger partial charge in [-0.1, -0.05) is 56.2 Å². The topological polar surface area (TPSA) is 83.1 Å². The molecule has 0 unspecified atom stereocenters. The summed E-state index contributed by atoms with van der Waals surface area (Å²) in [5.74, 6) is 0.0721. The van der Waals surface area contributed by atoms with Crippen LogP contribution in [0.2, 0.25) is 5.02 Å². The van der Waals surface area contributed by atoms with Crippen molar-refractivity contribution in [3.8, 4) is 11.3 Å². The second-order valence-electron chi connectivity index (χ2n) is 9.48. The molecule has 8 heteroatoms. The van der Waals surface area contributed by atoms with E-state index in [0.717, 1.165) is 43.7 Å². The van der Waals surface area contributed by atoms with E-state index < -0.39 is 5.97 Å². The van der Waals surface area contributed by atoms with Crippen LogP contribution in [0.5, 0.6) is 0 Å². The third-order valence-corrected chi connectivity index (χ3v) is 8.34. The van der Waals surface area contributed by atoms with E-state index in [1.54, 1.807) is 24.3 Å². The van der Waals surface area contributed by atoms with E-state index >= 15 is 0 Å². The zero-order chi connectivity index (χ0) is 24.4. The number of nitrogens with zero attached hydrogens (tertiary/aromatic N) is 2. The first kappa shape index (κ1) is 24.2. The molecule has 0 spiro atoms. The van der Waals surface area contributed by atoms with Crippen LogP contribution in [0.1, 0.15) is 80.3 Å². The maximum atomic E-state index is 13.5. The lowest BCUT2D eigenvalue weighted by Gasteiger charge is -2.31. The molecule has 1 aromatic carbocycles. The molecule has 1 aliphatic heterocycles. The molecule has 1 amide bonds. The number of aromatic carboxylic acids is 1. The number of amidine groups is 1. The number of aliphatic imine (C=N–C) groups is 1. The highest BCUT2D eigenvalue weighted by molar-refractivity contribution is 8.18. The molecule has 1 saturated heterocycles. The number of halogens is 1. The minimum Gasteiger partial charge on any atom is -0.478 e. The number of hydrogen-bond donors (Lipinski definition) is 1. The van der Waals surface area contributed by atoms with Gasteiger partial charge < -0.3 is 9.52 Å². The molecule has 6 nitrogen and oxygen atoms in total. The molecule has 35 heavy (non-hydrogen) atoms. The smallest absolute Gasteiger partial charge is 0.337 e. The van der Waals surface area contributed by atoms with E-state index in [4.69, 9.17) is 21.0 Å². The van der Waals surface area contributed by atoms with Crippen molar-refractivity contribution in [3.63, 3.8) is 0 Å². The lowest BCUT2D eigenvalue weighted by atomic mass is 9.94. The van der Waals surface area contributed by atoms with E-state index in [2.05, 4.69) is 0 Å². The van der Waals surface area contributed by atoms with Gasteiger partial charge >= 0.3 is 5.97 Å². The summed E-state index contributed by atoms with van der Waals surface area (Å²) in [4.78, 5) is 32.4. The molecule has 2 aliphatic carbocycles. The standard InChI is InChI=1S/C27H29ClN2O4S/c28-22-15-17(11-13-21(22)26(32)33)23-14-12-20(34-23)16-24-25(31)30(19-9-5-2-6-10-19)27(35-24)29-18-7-3-1-4-8-18/h11-16,18-19H,1-10H2,(H,32,33)/b24-16-,29-27?. The van der Waals surface area contributed by atoms with Crippen molar-refractivity contribution in [1.29, 1.82) is 0 Å². The molecule has 184 valence electrons. The van der Waals surface area contributed by atoms with E-state index in [9.17, 15) is 14.7 Å². The number of carboxylic acids is 1. The summed E-state index contributed by atoms with van der Waals surface area (Å²) < 4.78 is 5.99. The van der Waals surface area contributed by atoms with Gasteiger partial charge in [-0.2, -0.15) is 0 Å². The number of furan rings is 1. The molecule has 2 saturated carbocycles. The van der Waals surface area contributed by atoms with Gasteiger partial charge in [0, 0.05) is 17.7 Å². The van der Waals surface area contributed by atoms with Gasteiger partial charge in [-0.15, -0.1) is 0 Å². The fraction of sp³-hybridized carbons (Fsp3) is 0.444. The average Bonchev–Trinajstić information content (AvgIpc) is 3.44. The zero-order valence-electron chi connectivity index (χ0n) is 19.5. The first-order valence-electron chi connectivity index (χ1n) is 12.4. The van der Waals surface area contributed by atoms with E-state index in [1.165, 1.54) is 43.5 Å². The van der Waals surface area contributed by atoms with Crippen LogP contribution in [0.25, 0.3) is 17.4 Å². The second-order valence-corrected chi connectivity index (χ2v) is 10.9. The Kier molecular flexibility index (Phi) is 7.35. The van der Waals surface area contributed by atoms with Gasteiger partial charge in [-0.25, -0.2) is 4.79 Å². The first-order chi connectivity index (χ1) is 17.0. The predicted molar refractivity (Wildman–Crippen MR) is 140 cm³/mol. The van der Waals surface area contributed by atoms with Crippen LogP contribution in [0.15, 0.2) is 44.6 Å². The number of hydrogen-bond acceptors (Lipinski definition) is 5. The van der Waals surface area contributed by atoms with Gasteiger partial charge in [0.05, 0.1) is 21.5 Å². The van der Waals surface area contributed by atoms with Crippen molar-refractivity contribution in [3.05, 3.63) is 51.6 Å². The Hall–Kier alpha value is -2.51. The van der Waals surface area contributed by atoms with Crippen LogP contribution >= 0.6 is 23.4 Å². The molecule has 0 atom stereocenters. The fourth-order valence-corrected chi connectivity index (χ4v) is 6.51. The van der Waals surface area contributed by atoms with Crippen LogP contribution in [0, 0.1) is 0 Å². The predicted octanol–water partition coefficient (Wildman–Crippen LogP) is 7.24. The molecule has 3 aliphatic rings. The van der Waals surface area contributed by atoms with Crippen molar-refractivity contribution in [2.24, 2.45) is 4.99 Å². The Balaban J connectivity index is 1.40. The molecule has 1 N–H and O–H groups in total. The SMILES string of the molecule is O=C(O)c1ccc(-c2ccc(/C=C3\SC(=NC4CCCCC4)N(C4CCCCC4)C3=O)o2)cc1Cl. The van der Waals surface area contributed by atoms with Crippen LogP contribution < -0.4 is 0 Å². The van der Waals surface area contributed by atoms with E-state index in [-0.39, 0.29) is 22.5 Å². The Labute approximate surface area is 214 Å². The van der Waals surface area contributed by atoms with Crippen molar-refractivity contribution in [1.82, 2.24) is 4.90 Å². The van der Waals surface area contributed by atoms with Crippen molar-refractivity contribution < 1.29 is 19.1 Å². The minimum absolute atomic E-state index is 0.0169. The zero-order valence-corrected chi connectivity index (χ0v) is 21.1. The minimum atomic E-state index is -1.07. The molecular formula is C27H29ClN2O4S. The number of rotatable bonds is 5. The number of carbonyl (C=O) groups excluding carboxylic acids is 1. The Morgan fingerprint density at radius 3 is 2.46 bits per heavy atom. The molecule has 1 aromatic heterocycles. The molecule has 0 radical (unpaired) electrons. The van der Waals surface area contributed by atoms with Gasteiger partial charge in [-0.05, 0) is 61.7 Å². The summed E-state index contributed by atoms with van der Waals surface area (Å²) in [6.45, 7) is 0. The normalized spacial score (nSPS) is 22.4. The van der Waals surface area contributed by atoms with Gasteiger partial charge in [-0.3, -0.25) is 14.7 Å². The highest BCUT2D eigenvalue weighted by atomic mass is 35.5. The maximum absolute atomic E-state index is 13.5. The average molecular weight is 513 g/mol. The number of thioether (sulfide) groups is 1. The van der Waals surface area contributed by atoms with Crippen LogP contribution in [-0.2, 0) is 4.79 Å². The van der Waals surface area contributed by atoms with Crippen molar-refractivity contribution >= 4 is 46.5 Å². The Morgan fingerprint density at radius 2 is 1.77 bits per heavy atom. The van der Waals surface area contributed by atoms with Crippen LogP contribution in [0.3, 0.4) is 0 Å². The van der Waals surface area contributed by atoms with Crippen LogP contribution in [0.4, 0.5) is 0 Å². The van der Waals surface area contributed by atoms with Crippen molar-refractivity contribution in [2.45, 2.75) is 76.3 Å². The summed E-state index contributed by atoms with van der Waals surface area (Å²) >= 11 is 7.59. The Bertz CT molecular complexity index is 1180. The quantitative estimate of drug-likeness (QED) is 0.427. The fourth-order valence-electron chi connectivity index (χ4n) is 5.16. The number of benzene rings is 1. The first-order valence-corrected chi connectivity index (χ1v) is 13.6. The second kappa shape index (κ2) is 10.6. The number of carbonyl (C=O) groups is 2. The monoisotopic (exact) mass is 512 g/mol. The lowest BCUT2D eigenvalue weighted by Crippen LogP contribution is -2.41. The van der Waals surface area contributed by atoms with Crippen molar-refractivity contribution in [2.75, 3.05) is 0 Å². The third kappa shape index (κ3) is 5.36. The molecular weight excluding hydrogens is 484 g/mol. The van der Waals surface area contributed by atoms with E-state index in [0.29, 0.717) is 28.0 Å². The highest BCUT2D eigenvalue weighted by Crippen LogP contribution is 2.39.